The Bertz CT molecular complexity index is 1200. The highest BCUT2D eigenvalue weighted by molar-refractivity contribution is 7.92. The highest BCUT2D eigenvalue weighted by atomic mass is 32.2. The van der Waals surface area contributed by atoms with Crippen molar-refractivity contribution in [3.8, 4) is 0 Å². The number of nitrogens with one attached hydrogen (secondary N) is 2. The molecule has 0 aliphatic heterocycles. The molecule has 1 heterocycles. The van der Waals surface area contributed by atoms with Gasteiger partial charge in [-0.05, 0) is 48.5 Å². The summed E-state index contributed by atoms with van der Waals surface area (Å²) in [6, 6.07) is 15.5. The van der Waals surface area contributed by atoms with E-state index in [2.05, 4.69) is 15.0 Å². The average Bonchev–Trinajstić information content (AvgIpc) is 2.80. The molecule has 2 aromatic carbocycles. The van der Waals surface area contributed by atoms with E-state index in [1.807, 2.05) is 0 Å². The molecule has 0 aliphatic rings. The zero-order valence-corrected chi connectivity index (χ0v) is 18.5. The molecule has 2 amide bonds. The molecule has 3 aromatic rings. The molecule has 0 bridgehead atoms. The second-order valence-corrected chi connectivity index (χ2v) is 8.35. The average molecular weight is 471 g/mol. The van der Waals surface area contributed by atoms with Gasteiger partial charge >= 0.3 is 0 Å². The number of anilines is 2. The van der Waals surface area contributed by atoms with Crippen LogP contribution >= 0.6 is 0 Å². The van der Waals surface area contributed by atoms with Crippen molar-refractivity contribution in [2.75, 3.05) is 24.1 Å². The maximum Gasteiger partial charge on any atom is 0.269 e. The fourth-order valence-electron chi connectivity index (χ4n) is 2.27. The minimum Gasteiger partial charge on any atom is -0.351 e. The number of nitro groups is 1. The van der Waals surface area contributed by atoms with Gasteiger partial charge in [-0.3, -0.25) is 24.4 Å². The standard InChI is InChI=1S/C18H14N4O5S.C3H7NO/c23-18(13-4-8-15(9-5-13)22(24)25)20-14-6-10-16(11-7-14)28(26,27)21-17-3-1-2-12-19-17;1-4(2)3-5/h1-12H,(H,19,21)(H,20,23);3H,1-2H3. The Morgan fingerprint density at radius 1 is 1.03 bits per heavy atom. The summed E-state index contributed by atoms with van der Waals surface area (Å²) in [5, 5.41) is 13.2. The Labute approximate surface area is 190 Å². The quantitative estimate of drug-likeness (QED) is 0.305. The van der Waals surface area contributed by atoms with Gasteiger partial charge in [-0.15, -0.1) is 0 Å². The van der Waals surface area contributed by atoms with E-state index >= 15 is 0 Å². The van der Waals surface area contributed by atoms with E-state index < -0.39 is 20.9 Å². The van der Waals surface area contributed by atoms with Crippen molar-refractivity contribution in [2.24, 2.45) is 0 Å². The molecule has 0 atom stereocenters. The first kappa shape index (κ1) is 24.9. The van der Waals surface area contributed by atoms with Gasteiger partial charge in [-0.25, -0.2) is 13.4 Å². The Morgan fingerprint density at radius 2 is 1.64 bits per heavy atom. The lowest BCUT2D eigenvalue weighted by atomic mass is 10.2. The van der Waals surface area contributed by atoms with E-state index in [1.165, 1.54) is 65.7 Å². The molecular formula is C21H21N5O6S. The van der Waals surface area contributed by atoms with Crippen molar-refractivity contribution in [1.82, 2.24) is 9.88 Å². The van der Waals surface area contributed by atoms with Crippen LogP contribution in [0.1, 0.15) is 10.4 Å². The van der Waals surface area contributed by atoms with E-state index in [9.17, 15) is 28.1 Å². The van der Waals surface area contributed by atoms with Gasteiger partial charge in [0.15, 0.2) is 0 Å². The molecular weight excluding hydrogens is 450 g/mol. The van der Waals surface area contributed by atoms with Crippen LogP contribution in [-0.4, -0.2) is 49.6 Å². The summed E-state index contributed by atoms with van der Waals surface area (Å²) in [6.07, 6.45) is 2.22. The molecule has 0 radical (unpaired) electrons. The first-order valence-electron chi connectivity index (χ1n) is 9.34. The monoisotopic (exact) mass is 471 g/mol. The Kier molecular flexibility index (Phi) is 8.57. The molecule has 172 valence electrons. The number of sulfonamides is 1. The number of nitrogens with zero attached hydrogens (tertiary/aromatic N) is 3. The van der Waals surface area contributed by atoms with Gasteiger partial charge in [0.1, 0.15) is 5.82 Å². The van der Waals surface area contributed by atoms with Gasteiger partial charge in [0.2, 0.25) is 6.41 Å². The van der Waals surface area contributed by atoms with Crippen LogP contribution in [0.15, 0.2) is 77.8 Å². The summed E-state index contributed by atoms with van der Waals surface area (Å²) in [7, 11) is -0.438. The van der Waals surface area contributed by atoms with Gasteiger partial charge in [0.25, 0.3) is 21.6 Å². The van der Waals surface area contributed by atoms with Crippen LogP contribution in [0.25, 0.3) is 0 Å². The number of aromatic nitrogens is 1. The van der Waals surface area contributed by atoms with Crippen LogP contribution in [-0.2, 0) is 14.8 Å². The van der Waals surface area contributed by atoms with Crippen molar-refractivity contribution in [3.05, 3.63) is 88.6 Å². The fraction of sp³-hybridized carbons (Fsp3) is 0.0952. The summed E-state index contributed by atoms with van der Waals surface area (Å²) in [5.74, 6) is -0.282. The van der Waals surface area contributed by atoms with Crippen molar-refractivity contribution < 1.29 is 22.9 Å². The molecule has 0 saturated heterocycles. The second-order valence-electron chi connectivity index (χ2n) is 6.67. The van der Waals surface area contributed by atoms with E-state index in [4.69, 9.17) is 0 Å². The molecule has 0 saturated carbocycles. The summed E-state index contributed by atoms with van der Waals surface area (Å²) in [6.45, 7) is 0. The first-order chi connectivity index (χ1) is 15.6. The van der Waals surface area contributed by atoms with Crippen LogP contribution in [0.3, 0.4) is 0 Å². The van der Waals surface area contributed by atoms with E-state index in [-0.39, 0.29) is 22.0 Å². The molecule has 11 nitrogen and oxygen atoms in total. The smallest absolute Gasteiger partial charge is 0.269 e. The van der Waals surface area contributed by atoms with Crippen LogP contribution in [0.4, 0.5) is 17.2 Å². The number of carbonyl (C=O) groups is 2. The maximum atomic E-state index is 12.4. The topological polar surface area (TPSA) is 152 Å². The molecule has 12 heteroatoms. The third-order valence-electron chi connectivity index (χ3n) is 3.88. The molecule has 0 fully saturated rings. The first-order valence-corrected chi connectivity index (χ1v) is 10.8. The van der Waals surface area contributed by atoms with E-state index in [1.54, 1.807) is 26.2 Å². The number of pyridine rings is 1. The summed E-state index contributed by atoms with van der Waals surface area (Å²) >= 11 is 0. The number of carbonyl (C=O) groups excluding carboxylic acids is 2. The zero-order valence-electron chi connectivity index (χ0n) is 17.7. The van der Waals surface area contributed by atoms with Gasteiger partial charge < -0.3 is 10.2 Å². The predicted molar refractivity (Wildman–Crippen MR) is 122 cm³/mol. The molecule has 0 spiro atoms. The zero-order chi connectivity index (χ0) is 24.4. The number of benzene rings is 2. The highest BCUT2D eigenvalue weighted by Crippen LogP contribution is 2.18. The Hall–Kier alpha value is -4.32. The molecule has 1 aromatic heterocycles. The number of hydrogen-bond donors (Lipinski definition) is 2. The highest BCUT2D eigenvalue weighted by Gasteiger charge is 2.15. The molecule has 0 unspecified atom stereocenters. The SMILES string of the molecule is CN(C)C=O.O=C(Nc1ccc(S(=O)(=O)Nc2ccccn2)cc1)c1ccc([N+](=O)[O-])cc1. The predicted octanol–water partition coefficient (Wildman–Crippen LogP) is 2.75. The minimum atomic E-state index is -3.81. The third kappa shape index (κ3) is 7.70. The van der Waals surface area contributed by atoms with Crippen molar-refractivity contribution >= 4 is 39.5 Å². The molecule has 2 N–H and O–H groups in total. The van der Waals surface area contributed by atoms with Crippen molar-refractivity contribution in [1.29, 1.82) is 0 Å². The Balaban J connectivity index is 0.000000696. The Morgan fingerprint density at radius 3 is 2.12 bits per heavy atom. The normalized spacial score (nSPS) is 10.2. The molecule has 3 rings (SSSR count). The number of nitro benzene ring substituents is 1. The molecule has 0 aliphatic carbocycles. The fourth-order valence-corrected chi connectivity index (χ4v) is 3.28. The van der Waals surface area contributed by atoms with Gasteiger partial charge in [-0.2, -0.15) is 0 Å². The van der Waals surface area contributed by atoms with Gasteiger partial charge in [-0.1, -0.05) is 6.07 Å². The number of non-ortho nitro benzene ring substituents is 1. The number of rotatable bonds is 7. The third-order valence-corrected chi connectivity index (χ3v) is 5.25. The number of hydrogen-bond acceptors (Lipinski definition) is 7. The second kappa shape index (κ2) is 11.3. The lowest BCUT2D eigenvalue weighted by Gasteiger charge is -2.09. The minimum absolute atomic E-state index is 0.00601. The summed E-state index contributed by atoms with van der Waals surface area (Å²) < 4.78 is 27.1. The lowest BCUT2D eigenvalue weighted by Crippen LogP contribution is -2.14. The van der Waals surface area contributed by atoms with Crippen LogP contribution < -0.4 is 10.0 Å². The van der Waals surface area contributed by atoms with Crippen LogP contribution in [0.2, 0.25) is 0 Å². The van der Waals surface area contributed by atoms with Crippen LogP contribution in [0, 0.1) is 10.1 Å². The van der Waals surface area contributed by atoms with Gasteiger partial charge in [0.05, 0.1) is 9.82 Å². The van der Waals surface area contributed by atoms with E-state index in [0.29, 0.717) is 5.69 Å². The largest absolute Gasteiger partial charge is 0.351 e. The number of amides is 2. The molecule has 33 heavy (non-hydrogen) atoms. The van der Waals surface area contributed by atoms with Crippen molar-refractivity contribution in [3.63, 3.8) is 0 Å². The lowest BCUT2D eigenvalue weighted by molar-refractivity contribution is -0.384. The summed E-state index contributed by atoms with van der Waals surface area (Å²) in [5.41, 5.74) is 0.491. The maximum absolute atomic E-state index is 12.4. The van der Waals surface area contributed by atoms with E-state index in [0.717, 1.165) is 6.41 Å². The van der Waals surface area contributed by atoms with Gasteiger partial charge in [0, 0.05) is 43.7 Å². The van der Waals surface area contributed by atoms with Crippen LogP contribution in [0.5, 0.6) is 0 Å². The summed E-state index contributed by atoms with van der Waals surface area (Å²) in [4.78, 5) is 37.1. The van der Waals surface area contributed by atoms with Crippen molar-refractivity contribution in [2.45, 2.75) is 4.90 Å².